The molecule has 2 saturated heterocycles. The number of sulfone groups is 1. The van der Waals surface area contributed by atoms with E-state index in [0.717, 1.165) is 32.4 Å². The molecule has 0 radical (unpaired) electrons. The van der Waals surface area contributed by atoms with Crippen LogP contribution < -0.4 is 5.32 Å². The van der Waals surface area contributed by atoms with E-state index in [1.54, 1.807) is 6.92 Å². The van der Waals surface area contributed by atoms with Gasteiger partial charge in [0.15, 0.2) is 9.84 Å². The number of fused-ring (bicyclic) bond motifs is 1. The van der Waals surface area contributed by atoms with Crippen LogP contribution in [0.4, 0.5) is 0 Å². The van der Waals surface area contributed by atoms with Gasteiger partial charge in [-0.2, -0.15) is 0 Å². The Morgan fingerprint density at radius 3 is 2.81 bits per heavy atom. The Balaban J connectivity index is 1.85. The number of carbonyl (C=O) groups is 1. The Hall–Kier alpha value is -0.620. The first kappa shape index (κ1) is 15.3. The summed E-state index contributed by atoms with van der Waals surface area (Å²) in [6.45, 7) is 5.68. The van der Waals surface area contributed by atoms with Crippen LogP contribution in [-0.4, -0.2) is 55.9 Å². The lowest BCUT2D eigenvalue weighted by Crippen LogP contribution is -2.59. The molecule has 1 N–H and O–H groups in total. The largest absolute Gasteiger partial charge is 0.337 e. The molecule has 0 aromatic carbocycles. The molecule has 2 heterocycles. The number of nitrogens with zero attached hydrogens (tertiary/aromatic N) is 1. The van der Waals surface area contributed by atoms with Crippen molar-refractivity contribution in [3.63, 3.8) is 0 Å². The molecule has 2 aliphatic heterocycles. The van der Waals surface area contributed by atoms with Crippen LogP contribution in [0, 0.1) is 11.3 Å². The van der Waals surface area contributed by atoms with Gasteiger partial charge in [0.1, 0.15) is 0 Å². The molecular formula is C15H26N2O3S. The van der Waals surface area contributed by atoms with Gasteiger partial charge in [0, 0.05) is 19.1 Å². The summed E-state index contributed by atoms with van der Waals surface area (Å²) < 4.78 is 24.0. The van der Waals surface area contributed by atoms with E-state index in [0.29, 0.717) is 12.5 Å². The molecule has 0 bridgehead atoms. The van der Waals surface area contributed by atoms with Gasteiger partial charge < -0.3 is 10.2 Å². The molecule has 3 aliphatic rings. The molecule has 1 aliphatic carbocycles. The molecule has 5 nitrogen and oxygen atoms in total. The standard InChI is InChI=1S/C15H26N2O3S/c1-11-12(2)21(19,20)8-7-17(11)14(18)15-6-4-3-5-13(15)9-16-10-15/h11-13,16H,3-10H2,1-2H3/t11?,12?,13-,15+/m0/s1. The second-order valence-corrected chi connectivity index (χ2v) is 9.52. The van der Waals surface area contributed by atoms with Gasteiger partial charge in [0.25, 0.3) is 0 Å². The van der Waals surface area contributed by atoms with E-state index in [1.165, 1.54) is 6.42 Å². The van der Waals surface area contributed by atoms with Crippen molar-refractivity contribution in [3.8, 4) is 0 Å². The minimum absolute atomic E-state index is 0.110. The normalized spacial score (nSPS) is 42.6. The van der Waals surface area contributed by atoms with Crippen molar-refractivity contribution >= 4 is 15.7 Å². The fraction of sp³-hybridized carbons (Fsp3) is 0.933. The number of hydrogen-bond donors (Lipinski definition) is 1. The minimum atomic E-state index is -3.04. The van der Waals surface area contributed by atoms with Gasteiger partial charge in [-0.15, -0.1) is 0 Å². The summed E-state index contributed by atoms with van der Waals surface area (Å²) in [5, 5.41) is 2.95. The predicted octanol–water partition coefficient (Wildman–Crippen LogP) is 0.800. The van der Waals surface area contributed by atoms with Gasteiger partial charge in [-0.05, 0) is 39.2 Å². The number of rotatable bonds is 1. The molecule has 3 rings (SSSR count). The summed E-state index contributed by atoms with van der Waals surface area (Å²) in [7, 11) is -3.04. The highest BCUT2D eigenvalue weighted by Crippen LogP contribution is 2.45. The van der Waals surface area contributed by atoms with Crippen molar-refractivity contribution in [2.75, 3.05) is 25.4 Å². The summed E-state index contributed by atoms with van der Waals surface area (Å²) >= 11 is 0. The second kappa shape index (κ2) is 5.23. The monoisotopic (exact) mass is 314 g/mol. The molecule has 3 fully saturated rings. The van der Waals surface area contributed by atoms with E-state index in [9.17, 15) is 13.2 Å². The minimum Gasteiger partial charge on any atom is -0.337 e. The van der Waals surface area contributed by atoms with Crippen molar-refractivity contribution in [1.82, 2.24) is 10.2 Å². The molecule has 1 saturated carbocycles. The molecule has 0 spiro atoms. The summed E-state index contributed by atoms with van der Waals surface area (Å²) in [5.41, 5.74) is -0.271. The highest BCUT2D eigenvalue weighted by atomic mass is 32.2. The Kier molecular flexibility index (Phi) is 3.81. The first-order valence-corrected chi connectivity index (χ1v) is 9.83. The van der Waals surface area contributed by atoms with E-state index < -0.39 is 15.1 Å². The van der Waals surface area contributed by atoms with Crippen LogP contribution in [0.25, 0.3) is 0 Å². The Bertz CT molecular complexity index is 533. The number of amides is 1. The van der Waals surface area contributed by atoms with Crippen LogP contribution in [-0.2, 0) is 14.6 Å². The number of hydrogen-bond acceptors (Lipinski definition) is 4. The lowest BCUT2D eigenvalue weighted by atomic mass is 9.67. The summed E-state index contributed by atoms with van der Waals surface area (Å²) in [4.78, 5) is 15.1. The zero-order valence-electron chi connectivity index (χ0n) is 13.0. The molecule has 1 amide bonds. The Morgan fingerprint density at radius 1 is 1.29 bits per heavy atom. The van der Waals surface area contributed by atoms with Crippen molar-refractivity contribution in [1.29, 1.82) is 0 Å². The second-order valence-electron chi connectivity index (χ2n) is 7.04. The third kappa shape index (κ3) is 2.31. The molecule has 0 aromatic heterocycles. The highest BCUT2D eigenvalue weighted by Gasteiger charge is 2.53. The van der Waals surface area contributed by atoms with Crippen LogP contribution in [0.5, 0.6) is 0 Å². The molecule has 6 heteroatoms. The molecular weight excluding hydrogens is 288 g/mol. The van der Waals surface area contributed by atoms with Gasteiger partial charge in [-0.3, -0.25) is 4.79 Å². The van der Waals surface area contributed by atoms with Crippen LogP contribution in [0.3, 0.4) is 0 Å². The van der Waals surface area contributed by atoms with Gasteiger partial charge in [-0.25, -0.2) is 8.42 Å². The summed E-state index contributed by atoms with van der Waals surface area (Å²) in [6.07, 6.45) is 4.39. The van der Waals surface area contributed by atoms with Crippen LogP contribution in [0.2, 0.25) is 0 Å². The smallest absolute Gasteiger partial charge is 0.230 e. The van der Waals surface area contributed by atoms with E-state index in [2.05, 4.69) is 5.32 Å². The third-order valence-corrected chi connectivity index (χ3v) is 8.36. The lowest BCUT2D eigenvalue weighted by molar-refractivity contribution is -0.147. The zero-order valence-corrected chi connectivity index (χ0v) is 13.8. The highest BCUT2D eigenvalue weighted by molar-refractivity contribution is 7.92. The van der Waals surface area contributed by atoms with E-state index in [4.69, 9.17) is 0 Å². The number of carbonyl (C=O) groups excluding carboxylic acids is 1. The van der Waals surface area contributed by atoms with Crippen LogP contribution >= 0.6 is 0 Å². The maximum absolute atomic E-state index is 13.2. The first-order valence-electron chi connectivity index (χ1n) is 8.12. The average Bonchev–Trinajstić information content (AvgIpc) is 2.89. The molecule has 0 aromatic rings. The van der Waals surface area contributed by atoms with E-state index >= 15 is 0 Å². The van der Waals surface area contributed by atoms with Gasteiger partial charge in [-0.1, -0.05) is 12.8 Å². The summed E-state index contributed by atoms with van der Waals surface area (Å²) in [6, 6.07) is -0.214. The SMILES string of the molecule is CC1C(C)S(=O)(=O)CCN1C(=O)[C@@]12CCCC[C@H]1CNC2. The molecule has 2 unspecified atom stereocenters. The van der Waals surface area contributed by atoms with Crippen LogP contribution in [0.15, 0.2) is 0 Å². The van der Waals surface area contributed by atoms with Gasteiger partial charge >= 0.3 is 0 Å². The maximum Gasteiger partial charge on any atom is 0.230 e. The maximum atomic E-state index is 13.2. The molecule has 21 heavy (non-hydrogen) atoms. The Morgan fingerprint density at radius 2 is 2.05 bits per heavy atom. The van der Waals surface area contributed by atoms with Crippen molar-refractivity contribution in [3.05, 3.63) is 0 Å². The van der Waals surface area contributed by atoms with Gasteiger partial charge in [0.05, 0.1) is 16.4 Å². The lowest BCUT2D eigenvalue weighted by Gasteiger charge is -2.45. The van der Waals surface area contributed by atoms with Crippen molar-refractivity contribution in [2.45, 2.75) is 50.8 Å². The van der Waals surface area contributed by atoms with E-state index in [-0.39, 0.29) is 23.1 Å². The Labute approximate surface area is 127 Å². The zero-order chi connectivity index (χ0) is 15.3. The summed E-state index contributed by atoms with van der Waals surface area (Å²) in [5.74, 6) is 0.740. The fourth-order valence-electron chi connectivity index (χ4n) is 4.41. The first-order chi connectivity index (χ1) is 9.88. The van der Waals surface area contributed by atoms with E-state index in [1.807, 2.05) is 11.8 Å². The van der Waals surface area contributed by atoms with Crippen LogP contribution in [0.1, 0.15) is 39.5 Å². The number of nitrogens with one attached hydrogen (secondary N) is 1. The van der Waals surface area contributed by atoms with Crippen molar-refractivity contribution in [2.24, 2.45) is 11.3 Å². The molecule has 120 valence electrons. The predicted molar refractivity (Wildman–Crippen MR) is 81.7 cm³/mol. The third-order valence-electron chi connectivity index (χ3n) is 6.08. The molecule has 4 atom stereocenters. The average molecular weight is 314 g/mol. The fourth-order valence-corrected chi connectivity index (χ4v) is 5.98. The topological polar surface area (TPSA) is 66.5 Å². The van der Waals surface area contributed by atoms with Crippen molar-refractivity contribution < 1.29 is 13.2 Å². The van der Waals surface area contributed by atoms with Gasteiger partial charge in [0.2, 0.25) is 5.91 Å². The quantitative estimate of drug-likeness (QED) is 0.777.